The Morgan fingerprint density at radius 2 is 2.00 bits per heavy atom. The molecule has 2 heterocycles. The second-order valence-corrected chi connectivity index (χ2v) is 5.26. The van der Waals surface area contributed by atoms with Gasteiger partial charge in [0.25, 0.3) is 0 Å². The maximum absolute atomic E-state index is 2.54. The van der Waals surface area contributed by atoms with Crippen LogP contribution in [-0.4, -0.2) is 43.0 Å². The van der Waals surface area contributed by atoms with Gasteiger partial charge in [0.15, 0.2) is 0 Å². The predicted octanol–water partition coefficient (Wildman–Crippen LogP) is 1.80. The van der Waals surface area contributed by atoms with E-state index in [9.17, 15) is 0 Å². The topological polar surface area (TPSA) is 6.48 Å². The van der Waals surface area contributed by atoms with E-state index in [1.54, 1.807) is 0 Å². The number of piperazine rings is 1. The minimum Gasteiger partial charge on any atom is -0.304 e. The van der Waals surface area contributed by atoms with E-state index in [4.69, 9.17) is 0 Å². The maximum Gasteiger partial charge on any atom is 0.0243 e. The van der Waals surface area contributed by atoms with Crippen LogP contribution in [0.3, 0.4) is 0 Å². The quantitative estimate of drug-likeness (QED) is 0.734. The first kappa shape index (κ1) is 10.1. The molecule has 0 bridgehead atoms. The largest absolute Gasteiger partial charge is 0.304 e. The van der Waals surface area contributed by atoms with Crippen molar-refractivity contribution in [2.75, 3.05) is 33.2 Å². The normalized spacial score (nSPS) is 20.1. The van der Waals surface area contributed by atoms with Crippen LogP contribution in [0, 0.1) is 6.92 Å². The van der Waals surface area contributed by atoms with Crippen LogP contribution < -0.4 is 0 Å². The first-order chi connectivity index (χ1) is 6.74. The number of likely N-dealkylation sites (N-methyl/N-ethyl adjacent to an activating group) is 1. The summed E-state index contributed by atoms with van der Waals surface area (Å²) < 4.78 is 0. The molecule has 1 aliphatic heterocycles. The summed E-state index contributed by atoms with van der Waals surface area (Å²) in [5.74, 6) is 0. The van der Waals surface area contributed by atoms with Crippen molar-refractivity contribution in [3.8, 4) is 0 Å². The third-order valence-electron chi connectivity index (χ3n) is 2.79. The molecule has 1 aromatic heterocycles. The van der Waals surface area contributed by atoms with E-state index in [2.05, 4.69) is 35.2 Å². The molecule has 3 heteroatoms. The summed E-state index contributed by atoms with van der Waals surface area (Å²) in [5, 5.41) is 2.29. The second kappa shape index (κ2) is 4.43. The van der Waals surface area contributed by atoms with E-state index >= 15 is 0 Å². The van der Waals surface area contributed by atoms with Gasteiger partial charge >= 0.3 is 0 Å². The summed E-state index contributed by atoms with van der Waals surface area (Å²) in [7, 11) is 2.20. The van der Waals surface area contributed by atoms with E-state index in [1.165, 1.54) is 36.6 Å². The first-order valence-corrected chi connectivity index (χ1v) is 6.07. The van der Waals surface area contributed by atoms with Crippen LogP contribution in [0.5, 0.6) is 0 Å². The second-order valence-electron chi connectivity index (χ2n) is 4.15. The fourth-order valence-corrected chi connectivity index (χ4v) is 2.54. The Morgan fingerprint density at radius 1 is 1.29 bits per heavy atom. The standard InChI is InChI=1S/C11H18N2S/c1-10-7-11(9-14-10)8-13-5-3-12(2)4-6-13/h7,9H,3-6,8H2,1-2H3. The van der Waals surface area contributed by atoms with Crippen molar-refractivity contribution in [3.05, 3.63) is 21.9 Å². The lowest BCUT2D eigenvalue weighted by Crippen LogP contribution is -2.43. The first-order valence-electron chi connectivity index (χ1n) is 5.19. The average molecular weight is 210 g/mol. The fraction of sp³-hybridized carbons (Fsp3) is 0.636. The van der Waals surface area contributed by atoms with Crippen molar-refractivity contribution in [2.45, 2.75) is 13.5 Å². The Morgan fingerprint density at radius 3 is 2.57 bits per heavy atom. The van der Waals surface area contributed by atoms with Crippen molar-refractivity contribution < 1.29 is 0 Å². The summed E-state index contributed by atoms with van der Waals surface area (Å²) >= 11 is 1.86. The summed E-state index contributed by atoms with van der Waals surface area (Å²) in [5.41, 5.74) is 1.48. The molecule has 1 saturated heterocycles. The van der Waals surface area contributed by atoms with Gasteiger partial charge in [-0.3, -0.25) is 4.90 Å². The zero-order valence-corrected chi connectivity index (χ0v) is 9.81. The Balaban J connectivity index is 1.86. The van der Waals surface area contributed by atoms with Gasteiger partial charge in [-0.25, -0.2) is 0 Å². The van der Waals surface area contributed by atoms with E-state index in [0.717, 1.165) is 6.54 Å². The maximum atomic E-state index is 2.54. The molecule has 0 unspecified atom stereocenters. The Kier molecular flexibility index (Phi) is 3.21. The Bertz CT molecular complexity index is 287. The van der Waals surface area contributed by atoms with Gasteiger partial charge < -0.3 is 4.90 Å². The van der Waals surface area contributed by atoms with Crippen LogP contribution in [-0.2, 0) is 6.54 Å². The summed E-state index contributed by atoms with van der Waals surface area (Å²) in [6.45, 7) is 8.17. The highest BCUT2D eigenvalue weighted by Crippen LogP contribution is 2.15. The van der Waals surface area contributed by atoms with Gasteiger partial charge in [0.05, 0.1) is 0 Å². The minimum atomic E-state index is 1.14. The molecule has 0 aromatic carbocycles. The molecular formula is C11H18N2S. The summed E-state index contributed by atoms with van der Waals surface area (Å²) in [6.07, 6.45) is 0. The van der Waals surface area contributed by atoms with Crippen molar-refractivity contribution in [2.24, 2.45) is 0 Å². The number of nitrogens with zero attached hydrogens (tertiary/aromatic N) is 2. The van der Waals surface area contributed by atoms with Crippen molar-refractivity contribution in [1.29, 1.82) is 0 Å². The zero-order valence-electron chi connectivity index (χ0n) is 8.99. The lowest BCUT2D eigenvalue weighted by atomic mass is 10.2. The molecule has 2 rings (SSSR count). The lowest BCUT2D eigenvalue weighted by molar-refractivity contribution is 0.148. The molecule has 1 fully saturated rings. The van der Waals surface area contributed by atoms with Crippen molar-refractivity contribution in [1.82, 2.24) is 9.80 Å². The number of hydrogen-bond donors (Lipinski definition) is 0. The van der Waals surface area contributed by atoms with Crippen molar-refractivity contribution >= 4 is 11.3 Å². The molecular weight excluding hydrogens is 192 g/mol. The molecule has 14 heavy (non-hydrogen) atoms. The highest BCUT2D eigenvalue weighted by molar-refractivity contribution is 7.10. The fourth-order valence-electron chi connectivity index (χ4n) is 1.84. The van der Waals surface area contributed by atoms with Gasteiger partial charge in [-0.05, 0) is 31.0 Å². The van der Waals surface area contributed by atoms with E-state index in [1.807, 2.05) is 11.3 Å². The predicted molar refractivity (Wildman–Crippen MR) is 61.8 cm³/mol. The number of thiophene rings is 1. The monoisotopic (exact) mass is 210 g/mol. The molecule has 0 radical (unpaired) electrons. The number of hydrogen-bond acceptors (Lipinski definition) is 3. The Labute approximate surface area is 90.1 Å². The van der Waals surface area contributed by atoms with Crippen LogP contribution in [0.15, 0.2) is 11.4 Å². The molecule has 0 N–H and O–H groups in total. The number of aryl methyl sites for hydroxylation is 1. The third-order valence-corrected chi connectivity index (χ3v) is 3.70. The molecule has 0 aliphatic carbocycles. The van der Waals surface area contributed by atoms with Crippen LogP contribution in [0.1, 0.15) is 10.4 Å². The van der Waals surface area contributed by atoms with Gasteiger partial charge in [0.2, 0.25) is 0 Å². The molecule has 2 nitrogen and oxygen atoms in total. The van der Waals surface area contributed by atoms with E-state index < -0.39 is 0 Å². The third kappa shape index (κ3) is 2.56. The van der Waals surface area contributed by atoms with Gasteiger partial charge in [-0.2, -0.15) is 0 Å². The molecule has 1 aromatic rings. The van der Waals surface area contributed by atoms with Crippen molar-refractivity contribution in [3.63, 3.8) is 0 Å². The highest BCUT2D eigenvalue weighted by Gasteiger charge is 2.13. The van der Waals surface area contributed by atoms with Gasteiger partial charge in [0, 0.05) is 37.6 Å². The van der Waals surface area contributed by atoms with Crippen LogP contribution in [0.2, 0.25) is 0 Å². The average Bonchev–Trinajstić information content (AvgIpc) is 2.56. The lowest BCUT2D eigenvalue weighted by Gasteiger charge is -2.32. The molecule has 78 valence electrons. The zero-order chi connectivity index (χ0) is 9.97. The van der Waals surface area contributed by atoms with Crippen LogP contribution in [0.25, 0.3) is 0 Å². The van der Waals surface area contributed by atoms with E-state index in [-0.39, 0.29) is 0 Å². The molecule has 0 amide bonds. The molecule has 0 spiro atoms. The Hall–Kier alpha value is -0.380. The van der Waals surface area contributed by atoms with Crippen LogP contribution in [0.4, 0.5) is 0 Å². The molecule has 1 aliphatic rings. The summed E-state index contributed by atoms with van der Waals surface area (Å²) in [4.78, 5) is 6.37. The summed E-state index contributed by atoms with van der Waals surface area (Å²) in [6, 6.07) is 2.31. The minimum absolute atomic E-state index is 1.14. The van der Waals surface area contributed by atoms with Crippen LogP contribution >= 0.6 is 11.3 Å². The molecule has 0 atom stereocenters. The molecule has 0 saturated carbocycles. The van der Waals surface area contributed by atoms with Gasteiger partial charge in [-0.1, -0.05) is 0 Å². The van der Waals surface area contributed by atoms with Gasteiger partial charge in [-0.15, -0.1) is 11.3 Å². The number of rotatable bonds is 2. The van der Waals surface area contributed by atoms with E-state index in [0.29, 0.717) is 0 Å². The SMILES string of the molecule is Cc1cc(CN2CCN(C)CC2)cs1. The van der Waals surface area contributed by atoms with Gasteiger partial charge in [0.1, 0.15) is 0 Å². The highest BCUT2D eigenvalue weighted by atomic mass is 32.1. The smallest absolute Gasteiger partial charge is 0.0243 e.